The first-order valence-electron chi connectivity index (χ1n) is 17.9. The van der Waals surface area contributed by atoms with E-state index in [1.54, 1.807) is 5.57 Å². The molecule has 8 aliphatic rings. The zero-order valence-corrected chi connectivity index (χ0v) is 26.8. The standard InChI is InChI=1S/C37H61NO2/c1-25(2)7-6-8-26(3)32-11-12-33-31-10-9-29-21-30(13-17-35(29,4)34(31)14-18-36(32,33)5)40-37(24-39-37)22-28-23-38-19-15-27(28)16-20-38/h9,25-28,30-34H,6-8,10-24H2,1-5H3/t26-,28?,30+,31+,32-,33+,34+,35+,36-,37?/m1/s1. The van der Waals surface area contributed by atoms with Gasteiger partial charge >= 0.3 is 0 Å². The fraction of sp³-hybridized carbons (Fsp3) is 0.946. The zero-order valence-electron chi connectivity index (χ0n) is 26.8. The molecule has 4 saturated heterocycles. The van der Waals surface area contributed by atoms with Crippen LogP contribution in [0.2, 0.25) is 0 Å². The molecule has 2 bridgehead atoms. The van der Waals surface area contributed by atoms with Crippen molar-refractivity contribution in [3.05, 3.63) is 11.6 Å². The summed E-state index contributed by atoms with van der Waals surface area (Å²) in [6.07, 6.45) is 22.4. The summed E-state index contributed by atoms with van der Waals surface area (Å²) in [4.78, 5) is 2.69. The lowest BCUT2D eigenvalue weighted by atomic mass is 9.47. The van der Waals surface area contributed by atoms with Gasteiger partial charge < -0.3 is 14.4 Å². The number of ether oxygens (including phenoxy) is 2. The van der Waals surface area contributed by atoms with Crippen molar-refractivity contribution in [2.45, 2.75) is 136 Å². The van der Waals surface area contributed by atoms with E-state index in [0.717, 1.165) is 60.4 Å². The second-order valence-corrected chi connectivity index (χ2v) is 17.1. The molecule has 0 aromatic heterocycles. The molecule has 3 nitrogen and oxygen atoms in total. The second-order valence-electron chi connectivity index (χ2n) is 17.1. The normalized spacial score (nSPS) is 50.2. The molecule has 0 aromatic carbocycles. The van der Waals surface area contributed by atoms with Gasteiger partial charge in [-0.25, -0.2) is 0 Å². The van der Waals surface area contributed by atoms with Crippen molar-refractivity contribution in [2.75, 3.05) is 26.2 Å². The highest BCUT2D eigenvalue weighted by atomic mass is 16.8. The van der Waals surface area contributed by atoms with Crippen LogP contribution in [0, 0.1) is 58.2 Å². The summed E-state index contributed by atoms with van der Waals surface area (Å²) in [7, 11) is 0. The molecule has 8 rings (SSSR count). The number of epoxide rings is 1. The maximum absolute atomic E-state index is 6.92. The second kappa shape index (κ2) is 10.7. The van der Waals surface area contributed by atoms with Crippen LogP contribution in [0.3, 0.4) is 0 Å². The predicted molar refractivity (Wildman–Crippen MR) is 164 cm³/mol. The quantitative estimate of drug-likeness (QED) is 0.211. The molecule has 0 radical (unpaired) electrons. The SMILES string of the molecule is CC(C)CCC[C@@H](C)[C@H]1CC[C@H]2[C@@H]3CC=C4C[C@@H](OC5(CC6CN7CCC6CC7)CO5)CC[C@]4(C)[C@H]3CC[C@]12C. The van der Waals surface area contributed by atoms with E-state index < -0.39 is 0 Å². The van der Waals surface area contributed by atoms with E-state index in [1.165, 1.54) is 103 Å². The molecule has 3 heteroatoms. The Hall–Kier alpha value is -0.380. The first kappa shape index (κ1) is 28.4. The fourth-order valence-corrected chi connectivity index (χ4v) is 12.1. The number of piperidine rings is 3. The number of hydrogen-bond acceptors (Lipinski definition) is 3. The molecule has 2 unspecified atom stereocenters. The average molecular weight is 552 g/mol. The van der Waals surface area contributed by atoms with Crippen LogP contribution in [0.1, 0.15) is 125 Å². The van der Waals surface area contributed by atoms with Crippen LogP contribution in [0.4, 0.5) is 0 Å². The van der Waals surface area contributed by atoms with Crippen molar-refractivity contribution in [1.82, 2.24) is 4.90 Å². The molecule has 4 aliphatic carbocycles. The Balaban J connectivity index is 0.987. The predicted octanol–water partition coefficient (Wildman–Crippen LogP) is 8.87. The monoisotopic (exact) mass is 551 g/mol. The Morgan fingerprint density at radius 3 is 2.48 bits per heavy atom. The van der Waals surface area contributed by atoms with Crippen molar-refractivity contribution in [3.63, 3.8) is 0 Å². The van der Waals surface area contributed by atoms with Crippen LogP contribution in [0.15, 0.2) is 11.6 Å². The van der Waals surface area contributed by atoms with Gasteiger partial charge in [-0.1, -0.05) is 65.5 Å². The molecular formula is C37H61NO2. The maximum Gasteiger partial charge on any atom is 0.192 e. The Morgan fingerprint density at radius 2 is 1.77 bits per heavy atom. The summed E-state index contributed by atoms with van der Waals surface area (Å²) in [5.41, 5.74) is 2.77. The molecule has 40 heavy (non-hydrogen) atoms. The Bertz CT molecular complexity index is 946. The molecule has 226 valence electrons. The van der Waals surface area contributed by atoms with Gasteiger partial charge in [0.05, 0.1) is 6.10 Å². The summed E-state index contributed by atoms with van der Waals surface area (Å²) < 4.78 is 13.0. The van der Waals surface area contributed by atoms with Crippen molar-refractivity contribution < 1.29 is 9.47 Å². The van der Waals surface area contributed by atoms with Gasteiger partial charge in [0.25, 0.3) is 0 Å². The molecule has 4 heterocycles. The first-order chi connectivity index (χ1) is 19.2. The maximum atomic E-state index is 6.92. The largest absolute Gasteiger partial charge is 0.344 e. The van der Waals surface area contributed by atoms with Crippen LogP contribution in [0.5, 0.6) is 0 Å². The van der Waals surface area contributed by atoms with Crippen LogP contribution in [-0.2, 0) is 9.47 Å². The Labute approximate surface area is 246 Å². The van der Waals surface area contributed by atoms with Gasteiger partial charge in [0.15, 0.2) is 5.79 Å². The molecule has 0 N–H and O–H groups in total. The lowest BCUT2D eigenvalue weighted by Gasteiger charge is -2.58. The average Bonchev–Trinajstić information content (AvgIpc) is 3.58. The van der Waals surface area contributed by atoms with E-state index in [2.05, 4.69) is 45.6 Å². The number of hydrogen-bond donors (Lipinski definition) is 0. The van der Waals surface area contributed by atoms with Crippen molar-refractivity contribution in [2.24, 2.45) is 58.2 Å². The molecular weight excluding hydrogens is 490 g/mol. The number of allylic oxidation sites excluding steroid dienone is 1. The molecule has 10 atom stereocenters. The molecule has 3 saturated carbocycles. The van der Waals surface area contributed by atoms with Crippen molar-refractivity contribution >= 4 is 0 Å². The molecule has 7 fully saturated rings. The summed E-state index contributed by atoms with van der Waals surface area (Å²) >= 11 is 0. The van der Waals surface area contributed by atoms with Gasteiger partial charge in [0, 0.05) is 13.0 Å². The van der Waals surface area contributed by atoms with Gasteiger partial charge in [-0.2, -0.15) is 0 Å². The van der Waals surface area contributed by atoms with Crippen molar-refractivity contribution in [1.29, 1.82) is 0 Å². The smallest absolute Gasteiger partial charge is 0.192 e. The summed E-state index contributed by atoms with van der Waals surface area (Å²) in [5, 5.41) is 0. The highest BCUT2D eigenvalue weighted by Crippen LogP contribution is 2.67. The molecule has 0 spiro atoms. The number of fused-ring (bicyclic) bond motifs is 8. The lowest BCUT2D eigenvalue weighted by molar-refractivity contribution is -0.131. The molecule has 0 amide bonds. The summed E-state index contributed by atoms with van der Waals surface area (Å²) in [6.45, 7) is 17.6. The van der Waals surface area contributed by atoms with Gasteiger partial charge in [-0.05, 0) is 135 Å². The lowest BCUT2D eigenvalue weighted by Crippen LogP contribution is -2.51. The fourth-order valence-electron chi connectivity index (χ4n) is 12.1. The topological polar surface area (TPSA) is 25.0 Å². The van der Waals surface area contributed by atoms with Gasteiger partial charge in [-0.3, -0.25) is 0 Å². The van der Waals surface area contributed by atoms with E-state index in [-0.39, 0.29) is 5.79 Å². The molecule has 0 aromatic rings. The first-order valence-corrected chi connectivity index (χ1v) is 17.9. The van der Waals surface area contributed by atoms with Crippen LogP contribution < -0.4 is 0 Å². The van der Waals surface area contributed by atoms with Crippen LogP contribution in [0.25, 0.3) is 0 Å². The Kier molecular flexibility index (Phi) is 7.56. The van der Waals surface area contributed by atoms with Gasteiger partial charge in [-0.15, -0.1) is 0 Å². The van der Waals surface area contributed by atoms with E-state index in [1.807, 2.05) is 0 Å². The van der Waals surface area contributed by atoms with E-state index in [9.17, 15) is 0 Å². The zero-order chi connectivity index (χ0) is 27.7. The van der Waals surface area contributed by atoms with Gasteiger partial charge in [0.2, 0.25) is 0 Å². The third-order valence-electron chi connectivity index (χ3n) is 14.5. The van der Waals surface area contributed by atoms with E-state index in [0.29, 0.717) is 16.9 Å². The molecule has 4 aliphatic heterocycles. The number of rotatable bonds is 9. The van der Waals surface area contributed by atoms with Gasteiger partial charge in [0.1, 0.15) is 6.61 Å². The van der Waals surface area contributed by atoms with Crippen LogP contribution >= 0.6 is 0 Å². The van der Waals surface area contributed by atoms with Crippen molar-refractivity contribution in [3.8, 4) is 0 Å². The van der Waals surface area contributed by atoms with E-state index in [4.69, 9.17) is 9.47 Å². The third kappa shape index (κ3) is 4.98. The number of nitrogens with zero attached hydrogens (tertiary/aromatic N) is 1. The minimum atomic E-state index is -0.239. The highest BCUT2D eigenvalue weighted by molar-refractivity contribution is 5.25. The van der Waals surface area contributed by atoms with E-state index >= 15 is 0 Å². The minimum absolute atomic E-state index is 0.239. The highest BCUT2D eigenvalue weighted by Gasteiger charge is 2.60. The summed E-state index contributed by atoms with van der Waals surface area (Å²) in [6, 6.07) is 0. The van der Waals surface area contributed by atoms with Crippen LogP contribution in [-0.4, -0.2) is 43.0 Å². The third-order valence-corrected chi connectivity index (χ3v) is 14.5. The Morgan fingerprint density at radius 1 is 0.975 bits per heavy atom. The minimum Gasteiger partial charge on any atom is -0.344 e. The summed E-state index contributed by atoms with van der Waals surface area (Å²) in [5.74, 6) is 6.96.